The Morgan fingerprint density at radius 1 is 1.00 bits per heavy atom. The summed E-state index contributed by atoms with van der Waals surface area (Å²) >= 11 is 0. The van der Waals surface area contributed by atoms with Gasteiger partial charge in [0, 0.05) is 13.1 Å². The van der Waals surface area contributed by atoms with E-state index < -0.39 is 0 Å². The van der Waals surface area contributed by atoms with Crippen LogP contribution >= 0.6 is 0 Å². The predicted molar refractivity (Wildman–Crippen MR) is 54.5 cm³/mol. The number of rotatable bonds is 0. The van der Waals surface area contributed by atoms with E-state index in [1.165, 1.54) is 13.1 Å². The van der Waals surface area contributed by atoms with Crippen LogP contribution in [0.3, 0.4) is 0 Å². The average molecular weight is 179 g/mol. The zero-order valence-corrected chi connectivity index (χ0v) is 8.87. The lowest BCUT2D eigenvalue weighted by Crippen LogP contribution is -2.54. The summed E-state index contributed by atoms with van der Waals surface area (Å²) in [5.74, 6) is 5.36. The molecule has 4 bridgehead atoms. The van der Waals surface area contributed by atoms with E-state index in [-0.39, 0.29) is 0 Å². The number of likely N-dealkylation sites (tertiary alicyclic amines) is 1. The van der Waals surface area contributed by atoms with Crippen LogP contribution < -0.4 is 0 Å². The molecule has 1 heterocycles. The van der Waals surface area contributed by atoms with Crippen LogP contribution in [0.4, 0.5) is 0 Å². The fourth-order valence-electron chi connectivity index (χ4n) is 4.72. The van der Waals surface area contributed by atoms with Gasteiger partial charge in [-0.2, -0.15) is 0 Å². The van der Waals surface area contributed by atoms with Crippen LogP contribution in [0.2, 0.25) is 0 Å². The second-order valence-corrected chi connectivity index (χ2v) is 5.87. The van der Waals surface area contributed by atoms with Crippen molar-refractivity contribution in [1.82, 2.24) is 4.90 Å². The zero-order chi connectivity index (χ0) is 9.00. The first kappa shape index (κ1) is 8.28. The fourth-order valence-corrected chi connectivity index (χ4v) is 4.72. The van der Waals surface area contributed by atoms with Crippen molar-refractivity contribution in [2.45, 2.75) is 26.2 Å². The van der Waals surface area contributed by atoms with E-state index in [4.69, 9.17) is 0 Å². The molecule has 0 aromatic carbocycles. The highest BCUT2D eigenvalue weighted by atomic mass is 15.1. The van der Waals surface area contributed by atoms with Crippen LogP contribution in [0.1, 0.15) is 26.2 Å². The molecular formula is C12H21N. The molecule has 4 rings (SSSR count). The van der Waals surface area contributed by atoms with E-state index in [0.29, 0.717) is 0 Å². The topological polar surface area (TPSA) is 3.24 Å². The largest absolute Gasteiger partial charge is 0.306 e. The third kappa shape index (κ3) is 1.16. The van der Waals surface area contributed by atoms with Gasteiger partial charge >= 0.3 is 0 Å². The number of piperidine rings is 1. The van der Waals surface area contributed by atoms with Gasteiger partial charge in [-0.25, -0.2) is 0 Å². The lowest BCUT2D eigenvalue weighted by atomic mass is 9.54. The van der Waals surface area contributed by atoms with Gasteiger partial charge in [0.15, 0.2) is 0 Å². The maximum Gasteiger partial charge on any atom is 0.000969 e. The molecular weight excluding hydrogens is 158 g/mol. The maximum absolute atomic E-state index is 2.57. The zero-order valence-electron chi connectivity index (χ0n) is 8.87. The van der Waals surface area contributed by atoms with Crippen LogP contribution in [0.5, 0.6) is 0 Å². The second kappa shape index (κ2) is 2.73. The Labute approximate surface area is 81.5 Å². The van der Waals surface area contributed by atoms with Gasteiger partial charge in [-0.15, -0.1) is 0 Å². The molecule has 0 amide bonds. The minimum atomic E-state index is 1.04. The molecule has 0 aromatic rings. The highest BCUT2D eigenvalue weighted by Crippen LogP contribution is 2.53. The standard InChI is InChI=1S/C12H21N/c1-8-3-9-4-10-6-13(2)7-11(5-9)12(8)10/h8-12H,3-7H2,1-2H3. The van der Waals surface area contributed by atoms with Crippen molar-refractivity contribution in [2.24, 2.45) is 29.6 Å². The van der Waals surface area contributed by atoms with Crippen LogP contribution in [0, 0.1) is 29.6 Å². The molecule has 3 atom stereocenters. The smallest absolute Gasteiger partial charge is 0.000969 e. The molecule has 0 N–H and O–H groups in total. The van der Waals surface area contributed by atoms with Gasteiger partial charge in [0.2, 0.25) is 0 Å². The van der Waals surface area contributed by atoms with Gasteiger partial charge in [-0.1, -0.05) is 6.92 Å². The fraction of sp³-hybridized carbons (Fsp3) is 1.00. The summed E-state index contributed by atoms with van der Waals surface area (Å²) < 4.78 is 0. The normalized spacial score (nSPS) is 55.4. The molecule has 0 radical (unpaired) electrons. The maximum atomic E-state index is 2.57. The summed E-state index contributed by atoms with van der Waals surface area (Å²) in [5.41, 5.74) is 0. The molecule has 1 heteroatoms. The molecule has 1 aliphatic heterocycles. The Hall–Kier alpha value is -0.0400. The number of hydrogen-bond donors (Lipinski definition) is 0. The molecule has 0 aromatic heterocycles. The van der Waals surface area contributed by atoms with Gasteiger partial charge in [0.1, 0.15) is 0 Å². The Bertz CT molecular complexity index is 193. The van der Waals surface area contributed by atoms with E-state index in [1.54, 1.807) is 19.3 Å². The van der Waals surface area contributed by atoms with Gasteiger partial charge in [0.25, 0.3) is 0 Å². The number of nitrogens with zero attached hydrogens (tertiary/aromatic N) is 1. The SMILES string of the molecule is CC1CC2CC3CN(C)CC(C2)C13. The first-order valence-electron chi connectivity index (χ1n) is 5.92. The highest BCUT2D eigenvalue weighted by Gasteiger charge is 2.48. The number of fused-ring (bicyclic) bond motifs is 1. The summed E-state index contributed by atoms with van der Waals surface area (Å²) in [6.45, 7) is 5.28. The summed E-state index contributed by atoms with van der Waals surface area (Å²) in [6.07, 6.45) is 4.65. The van der Waals surface area contributed by atoms with Crippen molar-refractivity contribution in [3.63, 3.8) is 0 Å². The van der Waals surface area contributed by atoms with Crippen molar-refractivity contribution in [2.75, 3.05) is 20.1 Å². The van der Waals surface area contributed by atoms with E-state index in [2.05, 4.69) is 18.9 Å². The predicted octanol–water partition coefficient (Wildman–Crippen LogP) is 2.23. The molecule has 3 unspecified atom stereocenters. The van der Waals surface area contributed by atoms with Crippen molar-refractivity contribution >= 4 is 0 Å². The molecule has 4 fully saturated rings. The first-order valence-corrected chi connectivity index (χ1v) is 5.92. The summed E-state index contributed by atoms with van der Waals surface area (Å²) in [5, 5.41) is 0. The molecule has 74 valence electrons. The molecule has 1 saturated heterocycles. The summed E-state index contributed by atoms with van der Waals surface area (Å²) in [7, 11) is 2.31. The third-order valence-corrected chi connectivity index (χ3v) is 4.82. The first-order chi connectivity index (χ1) is 6.24. The van der Waals surface area contributed by atoms with E-state index >= 15 is 0 Å². The third-order valence-electron chi connectivity index (χ3n) is 4.82. The van der Waals surface area contributed by atoms with Crippen LogP contribution in [0.25, 0.3) is 0 Å². The Balaban J connectivity index is 1.87. The molecule has 3 aliphatic carbocycles. The minimum Gasteiger partial charge on any atom is -0.306 e. The molecule has 4 aliphatic rings. The monoisotopic (exact) mass is 179 g/mol. The van der Waals surface area contributed by atoms with Gasteiger partial charge in [-0.05, 0) is 55.9 Å². The van der Waals surface area contributed by atoms with Crippen molar-refractivity contribution in [1.29, 1.82) is 0 Å². The average Bonchev–Trinajstić information content (AvgIpc) is 2.00. The van der Waals surface area contributed by atoms with E-state index in [1.807, 2.05) is 0 Å². The molecule has 13 heavy (non-hydrogen) atoms. The van der Waals surface area contributed by atoms with E-state index in [9.17, 15) is 0 Å². The summed E-state index contributed by atoms with van der Waals surface area (Å²) in [4.78, 5) is 2.57. The quantitative estimate of drug-likeness (QED) is 0.551. The second-order valence-electron chi connectivity index (χ2n) is 5.87. The molecule has 3 saturated carbocycles. The highest BCUT2D eigenvalue weighted by molar-refractivity contribution is 4.99. The Morgan fingerprint density at radius 3 is 2.15 bits per heavy atom. The van der Waals surface area contributed by atoms with Crippen LogP contribution in [0.15, 0.2) is 0 Å². The Morgan fingerprint density at radius 2 is 1.62 bits per heavy atom. The molecule has 0 spiro atoms. The van der Waals surface area contributed by atoms with Crippen LogP contribution in [-0.4, -0.2) is 25.0 Å². The van der Waals surface area contributed by atoms with Crippen LogP contribution in [-0.2, 0) is 0 Å². The van der Waals surface area contributed by atoms with Crippen molar-refractivity contribution < 1.29 is 0 Å². The van der Waals surface area contributed by atoms with Crippen molar-refractivity contribution in [3.05, 3.63) is 0 Å². The Kier molecular flexibility index (Phi) is 1.74. The molecule has 1 nitrogen and oxygen atoms in total. The van der Waals surface area contributed by atoms with Crippen molar-refractivity contribution in [3.8, 4) is 0 Å². The van der Waals surface area contributed by atoms with E-state index in [0.717, 1.165) is 29.6 Å². The lowest BCUT2D eigenvalue weighted by molar-refractivity contribution is -0.0670. The van der Waals surface area contributed by atoms with Gasteiger partial charge < -0.3 is 4.90 Å². The van der Waals surface area contributed by atoms with Gasteiger partial charge in [-0.3, -0.25) is 0 Å². The lowest BCUT2D eigenvalue weighted by Gasteiger charge is -2.56. The summed E-state index contributed by atoms with van der Waals surface area (Å²) in [6, 6.07) is 0. The van der Waals surface area contributed by atoms with Gasteiger partial charge in [0.05, 0.1) is 0 Å². The number of hydrogen-bond acceptors (Lipinski definition) is 1. The minimum absolute atomic E-state index is 1.04.